The molecule has 2 aromatic rings. The number of carbonyl (C=O) groups is 1. The predicted octanol–water partition coefficient (Wildman–Crippen LogP) is 2.38. The van der Waals surface area contributed by atoms with Crippen molar-refractivity contribution in [1.82, 2.24) is 10.3 Å². The average Bonchev–Trinajstić information content (AvgIpc) is 2.60. The third-order valence-electron chi connectivity index (χ3n) is 3.54. The highest BCUT2D eigenvalue weighted by molar-refractivity contribution is 5.94. The summed E-state index contributed by atoms with van der Waals surface area (Å²) in [7, 11) is 0. The molecule has 122 valence electrons. The quantitative estimate of drug-likeness (QED) is 0.785. The summed E-state index contributed by atoms with van der Waals surface area (Å²) < 4.78 is 5.43. The lowest BCUT2D eigenvalue weighted by Gasteiger charge is -2.17. The van der Waals surface area contributed by atoms with Crippen molar-refractivity contribution < 1.29 is 14.6 Å². The van der Waals surface area contributed by atoms with E-state index in [4.69, 9.17) is 4.74 Å². The summed E-state index contributed by atoms with van der Waals surface area (Å²) >= 11 is 0. The highest BCUT2D eigenvalue weighted by Crippen LogP contribution is 2.19. The first-order chi connectivity index (χ1) is 11.3. The minimum Gasteiger partial charge on any atom is -0.491 e. The zero-order valence-corrected chi connectivity index (χ0v) is 13.2. The molecule has 0 fully saturated rings. The van der Waals surface area contributed by atoms with E-state index in [9.17, 15) is 9.90 Å². The van der Waals surface area contributed by atoms with Gasteiger partial charge >= 0.3 is 0 Å². The molecule has 0 radical (unpaired) electrons. The van der Waals surface area contributed by atoms with Gasteiger partial charge in [-0.1, -0.05) is 30.3 Å². The number of aliphatic hydroxyl groups excluding tert-OH is 1. The molecule has 0 aliphatic carbocycles. The van der Waals surface area contributed by atoms with Crippen LogP contribution in [-0.4, -0.2) is 35.8 Å². The number of nitrogens with zero attached hydrogens (tertiary/aromatic N) is 1. The summed E-state index contributed by atoms with van der Waals surface area (Å²) in [5.74, 6) is 0.267. The van der Waals surface area contributed by atoms with Crippen molar-refractivity contribution in [2.75, 3.05) is 19.8 Å². The van der Waals surface area contributed by atoms with Crippen molar-refractivity contribution in [2.45, 2.75) is 19.3 Å². The minimum atomic E-state index is -0.270. The van der Waals surface area contributed by atoms with Gasteiger partial charge < -0.3 is 15.2 Å². The first kappa shape index (κ1) is 17.0. The summed E-state index contributed by atoms with van der Waals surface area (Å²) in [6.45, 7) is 2.85. The molecule has 1 unspecified atom stereocenters. The summed E-state index contributed by atoms with van der Waals surface area (Å²) in [5.41, 5.74) is 1.37. The van der Waals surface area contributed by atoms with Crippen molar-refractivity contribution in [1.29, 1.82) is 0 Å². The fourth-order valence-electron chi connectivity index (χ4n) is 2.40. The molecule has 5 nitrogen and oxygen atoms in total. The molecule has 0 aliphatic heterocycles. The van der Waals surface area contributed by atoms with Crippen LogP contribution in [0.5, 0.6) is 5.75 Å². The molecule has 1 aromatic heterocycles. The number of nitrogens with one attached hydrogen (secondary N) is 1. The molecule has 23 heavy (non-hydrogen) atoms. The van der Waals surface area contributed by atoms with Crippen LogP contribution in [0.4, 0.5) is 0 Å². The number of rotatable bonds is 8. The highest BCUT2D eigenvalue weighted by atomic mass is 16.5. The van der Waals surface area contributed by atoms with E-state index in [1.54, 1.807) is 18.3 Å². The van der Waals surface area contributed by atoms with Crippen LogP contribution in [0.15, 0.2) is 48.7 Å². The number of ether oxygens (including phenoxy) is 1. The van der Waals surface area contributed by atoms with Crippen LogP contribution >= 0.6 is 0 Å². The Bertz CT molecular complexity index is 617. The lowest BCUT2D eigenvalue weighted by molar-refractivity contribution is 0.0940. The van der Waals surface area contributed by atoms with Gasteiger partial charge in [-0.3, -0.25) is 4.79 Å². The summed E-state index contributed by atoms with van der Waals surface area (Å²) in [5, 5.41) is 12.1. The van der Waals surface area contributed by atoms with E-state index in [0.29, 0.717) is 25.3 Å². The van der Waals surface area contributed by atoms with Crippen LogP contribution in [0, 0.1) is 0 Å². The zero-order valence-electron chi connectivity index (χ0n) is 13.2. The summed E-state index contributed by atoms with van der Waals surface area (Å²) in [6, 6.07) is 13.3. The van der Waals surface area contributed by atoms with Gasteiger partial charge in [-0.05, 0) is 31.0 Å². The standard InChI is InChI=1S/C18H22N2O3/c1-2-23-16-9-6-11-19-17(16)18(22)20-13-15(10-12-21)14-7-4-3-5-8-14/h3-9,11,15,21H,2,10,12-13H2,1H3,(H,20,22). The molecule has 0 saturated carbocycles. The molecule has 2 rings (SSSR count). The van der Waals surface area contributed by atoms with Crippen LogP contribution in [0.2, 0.25) is 0 Å². The Kier molecular flexibility index (Phi) is 6.56. The second kappa shape index (κ2) is 8.90. The summed E-state index contributed by atoms with van der Waals surface area (Å²) in [6.07, 6.45) is 2.16. The Morgan fingerprint density at radius 3 is 2.74 bits per heavy atom. The van der Waals surface area contributed by atoms with E-state index >= 15 is 0 Å². The second-order valence-corrected chi connectivity index (χ2v) is 5.11. The largest absolute Gasteiger partial charge is 0.491 e. The molecule has 2 N–H and O–H groups in total. The van der Waals surface area contributed by atoms with Gasteiger partial charge in [0.2, 0.25) is 0 Å². The lowest BCUT2D eigenvalue weighted by atomic mass is 9.96. The molecular weight excluding hydrogens is 292 g/mol. The van der Waals surface area contributed by atoms with Gasteiger partial charge in [0.25, 0.3) is 5.91 Å². The van der Waals surface area contributed by atoms with Crippen LogP contribution in [0.1, 0.15) is 35.3 Å². The molecule has 0 bridgehead atoms. The maximum atomic E-state index is 12.4. The van der Waals surface area contributed by atoms with Crippen molar-refractivity contribution in [2.24, 2.45) is 0 Å². The fourth-order valence-corrected chi connectivity index (χ4v) is 2.40. The maximum Gasteiger partial charge on any atom is 0.273 e. The Labute approximate surface area is 136 Å². The second-order valence-electron chi connectivity index (χ2n) is 5.11. The van der Waals surface area contributed by atoms with Crippen molar-refractivity contribution in [3.63, 3.8) is 0 Å². The number of aromatic nitrogens is 1. The number of hydrogen-bond donors (Lipinski definition) is 2. The van der Waals surface area contributed by atoms with Gasteiger partial charge in [0.05, 0.1) is 6.61 Å². The van der Waals surface area contributed by atoms with Crippen molar-refractivity contribution in [3.05, 3.63) is 59.9 Å². The number of benzene rings is 1. The summed E-state index contributed by atoms with van der Waals surface area (Å²) in [4.78, 5) is 16.5. The van der Waals surface area contributed by atoms with Gasteiger partial charge in [0.1, 0.15) is 0 Å². The van der Waals surface area contributed by atoms with E-state index in [1.807, 2.05) is 37.3 Å². The monoisotopic (exact) mass is 314 g/mol. The first-order valence-electron chi connectivity index (χ1n) is 7.78. The van der Waals surface area contributed by atoms with Crippen LogP contribution < -0.4 is 10.1 Å². The Hall–Kier alpha value is -2.40. The molecule has 1 amide bonds. The molecule has 5 heteroatoms. The van der Waals surface area contributed by atoms with Gasteiger partial charge in [-0.2, -0.15) is 0 Å². The van der Waals surface area contributed by atoms with Crippen LogP contribution in [0.3, 0.4) is 0 Å². The molecule has 1 heterocycles. The van der Waals surface area contributed by atoms with E-state index < -0.39 is 0 Å². The minimum absolute atomic E-state index is 0.0596. The SMILES string of the molecule is CCOc1cccnc1C(=O)NCC(CCO)c1ccccc1. The van der Waals surface area contributed by atoms with Crippen molar-refractivity contribution >= 4 is 5.91 Å². The smallest absolute Gasteiger partial charge is 0.273 e. The third-order valence-corrected chi connectivity index (χ3v) is 3.54. The molecule has 1 atom stereocenters. The maximum absolute atomic E-state index is 12.4. The average molecular weight is 314 g/mol. The van der Waals surface area contributed by atoms with Crippen LogP contribution in [0.25, 0.3) is 0 Å². The number of pyridine rings is 1. The topological polar surface area (TPSA) is 71.5 Å². The lowest BCUT2D eigenvalue weighted by Crippen LogP contribution is -2.30. The number of hydrogen-bond acceptors (Lipinski definition) is 4. The Balaban J connectivity index is 2.05. The molecule has 1 aromatic carbocycles. The van der Waals surface area contributed by atoms with E-state index in [2.05, 4.69) is 10.3 Å². The Morgan fingerprint density at radius 1 is 1.26 bits per heavy atom. The fraction of sp³-hybridized carbons (Fsp3) is 0.333. The van der Waals surface area contributed by atoms with Gasteiger partial charge in [-0.15, -0.1) is 0 Å². The van der Waals surface area contributed by atoms with Gasteiger partial charge in [-0.25, -0.2) is 4.98 Å². The van der Waals surface area contributed by atoms with E-state index in [0.717, 1.165) is 5.56 Å². The first-order valence-corrected chi connectivity index (χ1v) is 7.78. The number of carbonyl (C=O) groups excluding carboxylic acids is 1. The van der Waals surface area contributed by atoms with E-state index in [1.165, 1.54) is 0 Å². The van der Waals surface area contributed by atoms with Gasteiger partial charge in [0.15, 0.2) is 11.4 Å². The number of aliphatic hydroxyl groups is 1. The molecular formula is C18H22N2O3. The molecule has 0 spiro atoms. The van der Waals surface area contributed by atoms with Crippen LogP contribution in [-0.2, 0) is 0 Å². The van der Waals surface area contributed by atoms with E-state index in [-0.39, 0.29) is 24.1 Å². The number of amides is 1. The molecule has 0 aliphatic rings. The van der Waals surface area contributed by atoms with Crippen molar-refractivity contribution in [3.8, 4) is 5.75 Å². The molecule has 0 saturated heterocycles. The third kappa shape index (κ3) is 4.79. The normalized spacial score (nSPS) is 11.7. The zero-order chi connectivity index (χ0) is 16.5. The Morgan fingerprint density at radius 2 is 2.04 bits per heavy atom. The van der Waals surface area contributed by atoms with Gasteiger partial charge in [0, 0.05) is 25.3 Å². The highest BCUT2D eigenvalue weighted by Gasteiger charge is 2.17. The predicted molar refractivity (Wildman–Crippen MR) is 88.6 cm³/mol.